The lowest BCUT2D eigenvalue weighted by Crippen LogP contribution is -2.15. The van der Waals surface area contributed by atoms with E-state index >= 15 is 4.39 Å². The van der Waals surface area contributed by atoms with Crippen molar-refractivity contribution in [2.45, 2.75) is 19.8 Å². The third kappa shape index (κ3) is 4.95. The molecule has 41 heavy (non-hydrogen) atoms. The Balaban J connectivity index is 1.43. The second kappa shape index (κ2) is 10.3. The van der Waals surface area contributed by atoms with Gasteiger partial charge < -0.3 is 20.4 Å². The Hall–Kier alpha value is -4.90. The number of hydrogen-bond donors (Lipinski definition) is 2. The van der Waals surface area contributed by atoms with Crippen molar-refractivity contribution in [3.05, 3.63) is 77.7 Å². The molecule has 1 aromatic carbocycles. The van der Waals surface area contributed by atoms with Crippen molar-refractivity contribution in [1.29, 1.82) is 0 Å². The topological polar surface area (TPSA) is 134 Å². The molecule has 0 spiro atoms. The van der Waals surface area contributed by atoms with Crippen molar-refractivity contribution in [1.82, 2.24) is 29.5 Å². The van der Waals surface area contributed by atoms with Crippen LogP contribution in [0.2, 0.25) is 5.15 Å². The zero-order valence-electron chi connectivity index (χ0n) is 22.2. The van der Waals surface area contributed by atoms with Crippen LogP contribution in [0.5, 0.6) is 11.8 Å². The van der Waals surface area contributed by atoms with E-state index in [4.69, 9.17) is 22.1 Å². The summed E-state index contributed by atoms with van der Waals surface area (Å²) in [6.45, 7) is 5.67. The SMILES string of the molecule is C=C(C(=O)Nc1ccc(-c2c(-c3ccc(Oc4nccc(C)n4)c(F)c3)c3c(N)ncnc3n2C)c(Cl)n1)C1CC1. The Morgan fingerprint density at radius 1 is 1.17 bits per heavy atom. The van der Waals surface area contributed by atoms with E-state index in [1.807, 2.05) is 0 Å². The van der Waals surface area contributed by atoms with Crippen molar-refractivity contribution in [2.75, 3.05) is 11.1 Å². The Morgan fingerprint density at radius 3 is 2.68 bits per heavy atom. The number of aryl methyl sites for hydroxylation is 2. The first-order chi connectivity index (χ1) is 19.7. The van der Waals surface area contributed by atoms with Gasteiger partial charge in [-0.2, -0.15) is 0 Å². The van der Waals surface area contributed by atoms with Crippen LogP contribution >= 0.6 is 11.6 Å². The van der Waals surface area contributed by atoms with Crippen molar-refractivity contribution in [3.8, 4) is 34.1 Å². The molecule has 4 heterocycles. The maximum Gasteiger partial charge on any atom is 0.322 e. The van der Waals surface area contributed by atoms with Gasteiger partial charge in [0.1, 0.15) is 28.8 Å². The smallest absolute Gasteiger partial charge is 0.322 e. The van der Waals surface area contributed by atoms with E-state index in [2.05, 4.69) is 36.8 Å². The molecule has 12 heteroatoms. The Kier molecular flexibility index (Phi) is 6.58. The van der Waals surface area contributed by atoms with Crippen LogP contribution < -0.4 is 15.8 Å². The van der Waals surface area contributed by atoms with Gasteiger partial charge in [-0.15, -0.1) is 0 Å². The molecule has 1 aliphatic rings. The minimum absolute atomic E-state index is 0.0332. The largest absolute Gasteiger partial charge is 0.421 e. The number of nitrogens with zero attached hydrogens (tertiary/aromatic N) is 6. The first-order valence-electron chi connectivity index (χ1n) is 12.7. The van der Waals surface area contributed by atoms with Gasteiger partial charge in [-0.25, -0.2) is 29.3 Å². The van der Waals surface area contributed by atoms with Crippen LogP contribution in [0.15, 0.2) is 61.1 Å². The van der Waals surface area contributed by atoms with Crippen LogP contribution in [0.25, 0.3) is 33.4 Å². The molecule has 1 fully saturated rings. The van der Waals surface area contributed by atoms with E-state index in [9.17, 15) is 4.79 Å². The van der Waals surface area contributed by atoms with E-state index in [0.717, 1.165) is 12.8 Å². The summed E-state index contributed by atoms with van der Waals surface area (Å²) in [5, 5.41) is 3.40. The highest BCUT2D eigenvalue weighted by atomic mass is 35.5. The minimum atomic E-state index is -0.635. The number of fused-ring (bicyclic) bond motifs is 1. The summed E-state index contributed by atoms with van der Waals surface area (Å²) < 4.78 is 22.8. The van der Waals surface area contributed by atoms with Gasteiger partial charge >= 0.3 is 6.01 Å². The highest BCUT2D eigenvalue weighted by Gasteiger charge is 2.29. The number of ether oxygens (including phenoxy) is 1. The first kappa shape index (κ1) is 26.3. The van der Waals surface area contributed by atoms with Gasteiger partial charge in [-0.05, 0) is 61.6 Å². The molecule has 5 aromatic rings. The maximum absolute atomic E-state index is 15.4. The number of rotatable bonds is 7. The van der Waals surface area contributed by atoms with Gasteiger partial charge in [0.15, 0.2) is 11.6 Å². The molecule has 0 saturated heterocycles. The molecule has 0 atom stereocenters. The number of nitrogen functional groups attached to an aromatic ring is 1. The number of benzene rings is 1. The third-order valence-corrected chi connectivity index (χ3v) is 7.19. The molecule has 6 rings (SSSR count). The fraction of sp³-hybridized carbons (Fsp3) is 0.172. The van der Waals surface area contributed by atoms with Crippen LogP contribution in [-0.2, 0) is 11.8 Å². The molecule has 1 amide bonds. The summed E-state index contributed by atoms with van der Waals surface area (Å²) >= 11 is 6.69. The lowest BCUT2D eigenvalue weighted by molar-refractivity contribution is -0.113. The number of aromatic nitrogens is 6. The summed E-state index contributed by atoms with van der Waals surface area (Å²) in [6.07, 6.45) is 4.81. The number of halogens is 2. The molecule has 10 nitrogen and oxygen atoms in total. The minimum Gasteiger partial charge on any atom is -0.421 e. The zero-order valence-corrected chi connectivity index (χ0v) is 22.9. The highest BCUT2D eigenvalue weighted by Crippen LogP contribution is 2.44. The first-order valence-corrected chi connectivity index (χ1v) is 13.1. The van der Waals surface area contributed by atoms with Crippen LogP contribution in [-0.4, -0.2) is 35.4 Å². The van der Waals surface area contributed by atoms with Crippen molar-refractivity contribution in [3.63, 3.8) is 0 Å². The summed E-state index contributed by atoms with van der Waals surface area (Å²) in [7, 11) is 1.79. The summed E-state index contributed by atoms with van der Waals surface area (Å²) in [6, 6.07) is 9.64. The maximum atomic E-state index is 15.4. The van der Waals surface area contributed by atoms with Crippen molar-refractivity contribution >= 4 is 40.2 Å². The molecule has 1 aliphatic carbocycles. The number of carbonyl (C=O) groups excluding carboxylic acids is 1. The van der Waals surface area contributed by atoms with Gasteiger partial charge in [-0.1, -0.05) is 24.2 Å². The summed E-state index contributed by atoms with van der Waals surface area (Å²) in [5.74, 6) is -0.243. The number of nitrogens with one attached hydrogen (secondary N) is 1. The summed E-state index contributed by atoms with van der Waals surface area (Å²) in [4.78, 5) is 33.7. The average Bonchev–Trinajstić information content (AvgIpc) is 3.74. The average molecular weight is 571 g/mol. The molecule has 0 aliphatic heterocycles. The number of pyridine rings is 1. The number of amides is 1. The normalized spacial score (nSPS) is 12.9. The molecule has 206 valence electrons. The van der Waals surface area contributed by atoms with Crippen LogP contribution in [0.4, 0.5) is 16.0 Å². The van der Waals surface area contributed by atoms with Crippen LogP contribution in [0.3, 0.4) is 0 Å². The molecular formula is C29H24ClFN8O2. The van der Waals surface area contributed by atoms with Crippen LogP contribution in [0.1, 0.15) is 18.5 Å². The van der Waals surface area contributed by atoms with Gasteiger partial charge in [0.05, 0.1) is 11.1 Å². The van der Waals surface area contributed by atoms with Crippen molar-refractivity contribution in [2.24, 2.45) is 13.0 Å². The predicted molar refractivity (Wildman–Crippen MR) is 154 cm³/mol. The molecule has 0 radical (unpaired) electrons. The van der Waals surface area contributed by atoms with Gasteiger partial charge in [0.25, 0.3) is 5.91 Å². The van der Waals surface area contributed by atoms with Gasteiger partial charge in [0, 0.05) is 35.6 Å². The predicted octanol–water partition coefficient (Wildman–Crippen LogP) is 5.87. The number of hydrogen-bond acceptors (Lipinski definition) is 8. The standard InChI is InChI=1S/C29H24ClFN8O2/c1-14-10-11-33-29(36-14)41-20-8-6-17(12-19(20)31)22-23-26(32)34-13-35-27(23)39(3)24(22)18-7-9-21(37-25(18)30)38-28(40)15(2)16-4-5-16/h6-13,16H,2,4-5H2,1,3H3,(H2,32,34,35)(H,37,38,40). The van der Waals surface area contributed by atoms with Crippen LogP contribution in [0, 0.1) is 18.7 Å². The lowest BCUT2D eigenvalue weighted by Gasteiger charge is -2.13. The number of anilines is 2. The molecule has 0 bridgehead atoms. The lowest BCUT2D eigenvalue weighted by atomic mass is 9.99. The fourth-order valence-electron chi connectivity index (χ4n) is 4.68. The quantitative estimate of drug-likeness (QED) is 0.183. The highest BCUT2D eigenvalue weighted by molar-refractivity contribution is 6.32. The second-order valence-corrected chi connectivity index (χ2v) is 10.1. The second-order valence-electron chi connectivity index (χ2n) is 9.76. The van der Waals surface area contributed by atoms with E-state index < -0.39 is 5.82 Å². The van der Waals surface area contributed by atoms with E-state index in [0.29, 0.717) is 44.7 Å². The molecule has 0 unspecified atom stereocenters. The number of nitrogens with two attached hydrogens (primary N) is 1. The zero-order chi connectivity index (χ0) is 28.8. The van der Waals surface area contributed by atoms with Gasteiger partial charge in [0.2, 0.25) is 0 Å². The monoisotopic (exact) mass is 570 g/mol. The molecule has 1 saturated carbocycles. The van der Waals surface area contributed by atoms with Gasteiger partial charge in [-0.3, -0.25) is 4.79 Å². The van der Waals surface area contributed by atoms with E-state index in [1.54, 1.807) is 42.8 Å². The fourth-order valence-corrected chi connectivity index (χ4v) is 4.92. The molecule has 4 aromatic heterocycles. The Morgan fingerprint density at radius 2 is 1.98 bits per heavy atom. The molecular weight excluding hydrogens is 547 g/mol. The van der Waals surface area contributed by atoms with Crippen molar-refractivity contribution < 1.29 is 13.9 Å². The van der Waals surface area contributed by atoms with E-state index in [-0.39, 0.29) is 40.4 Å². The Bertz CT molecular complexity index is 1870. The number of carbonyl (C=O) groups is 1. The van der Waals surface area contributed by atoms with E-state index in [1.165, 1.54) is 24.7 Å². The third-order valence-electron chi connectivity index (χ3n) is 6.90. The summed E-state index contributed by atoms with van der Waals surface area (Å²) in [5.41, 5.74) is 10.2. The Labute approximate surface area is 239 Å². The molecule has 3 N–H and O–H groups in total.